The summed E-state index contributed by atoms with van der Waals surface area (Å²) in [4.78, 5) is 27.5. The molecule has 190 valence electrons. The van der Waals surface area contributed by atoms with Crippen LogP contribution in [0.2, 0.25) is 0 Å². The van der Waals surface area contributed by atoms with Crippen molar-refractivity contribution < 1.29 is 14.5 Å². The highest BCUT2D eigenvalue weighted by Gasteiger charge is 2.26. The number of anilines is 2. The fraction of sp³-hybridized carbons (Fsp3) is 0.462. The Bertz CT molecular complexity index is 1180. The molecule has 0 bridgehead atoms. The monoisotopic (exact) mass is 509 g/mol. The number of nitro benzene ring substituents is 1. The van der Waals surface area contributed by atoms with E-state index in [1.807, 2.05) is 0 Å². The number of carbonyl (C=O) groups is 1. The van der Waals surface area contributed by atoms with E-state index in [-0.39, 0.29) is 11.8 Å². The smallest absolute Gasteiger partial charge is 0.411 e. The molecule has 1 aromatic heterocycles. The van der Waals surface area contributed by atoms with E-state index in [0.29, 0.717) is 11.6 Å². The second kappa shape index (κ2) is 11.2. The molecule has 0 spiro atoms. The average molecular weight is 510 g/mol. The highest BCUT2D eigenvalue weighted by molar-refractivity contribution is 7.13. The standard InChI is InChI=1S/C26H31N5O4S/c32-26(27-20-7-9-21(10-8-20)31(33)34)35-22-11-5-19(6-12-22)13-14-29-15-17-30(18-16-29)25-23-3-1-2-4-24(23)36-28-25/h1-4,7-10,19,22H,5-6,11-18H2,(H,27,32)/t19-,22-. The number of rotatable bonds is 7. The molecule has 0 radical (unpaired) electrons. The highest BCUT2D eigenvalue weighted by Crippen LogP contribution is 2.31. The van der Waals surface area contributed by atoms with Gasteiger partial charge in [0, 0.05) is 49.4 Å². The van der Waals surface area contributed by atoms with E-state index >= 15 is 0 Å². The largest absolute Gasteiger partial charge is 0.446 e. The van der Waals surface area contributed by atoms with Crippen molar-refractivity contribution in [1.29, 1.82) is 0 Å². The average Bonchev–Trinajstić information content (AvgIpc) is 3.33. The van der Waals surface area contributed by atoms with E-state index < -0.39 is 11.0 Å². The van der Waals surface area contributed by atoms with Crippen LogP contribution in [-0.4, -0.2) is 59.1 Å². The van der Waals surface area contributed by atoms with Gasteiger partial charge in [-0.15, -0.1) is 0 Å². The van der Waals surface area contributed by atoms with Crippen LogP contribution in [0.3, 0.4) is 0 Å². The number of benzene rings is 2. The van der Waals surface area contributed by atoms with Gasteiger partial charge in [-0.05, 0) is 80.4 Å². The molecule has 0 unspecified atom stereocenters. The van der Waals surface area contributed by atoms with Crippen molar-refractivity contribution in [2.75, 3.05) is 42.9 Å². The molecule has 10 heteroatoms. The number of non-ortho nitro benzene ring substituents is 1. The van der Waals surface area contributed by atoms with E-state index in [1.54, 1.807) is 11.5 Å². The summed E-state index contributed by atoms with van der Waals surface area (Å²) < 4.78 is 11.5. The van der Waals surface area contributed by atoms with Gasteiger partial charge >= 0.3 is 6.09 Å². The van der Waals surface area contributed by atoms with Crippen LogP contribution in [0.25, 0.3) is 10.1 Å². The zero-order valence-corrected chi connectivity index (χ0v) is 21.0. The highest BCUT2D eigenvalue weighted by atomic mass is 32.1. The Labute approximate surface area is 214 Å². The van der Waals surface area contributed by atoms with Gasteiger partial charge < -0.3 is 9.64 Å². The molecular weight excluding hydrogens is 478 g/mol. The molecule has 9 nitrogen and oxygen atoms in total. The molecule has 1 N–H and O–H groups in total. The van der Waals surface area contributed by atoms with Crippen LogP contribution in [0.15, 0.2) is 48.5 Å². The Morgan fingerprint density at radius 3 is 2.50 bits per heavy atom. The predicted molar refractivity (Wildman–Crippen MR) is 142 cm³/mol. The Kier molecular flexibility index (Phi) is 7.62. The molecular formula is C26H31N5O4S. The van der Waals surface area contributed by atoms with Crippen LogP contribution in [0, 0.1) is 16.0 Å². The Balaban J connectivity index is 0.994. The molecule has 1 saturated heterocycles. The number of piperazine rings is 1. The Morgan fingerprint density at radius 2 is 1.78 bits per heavy atom. The van der Waals surface area contributed by atoms with Crippen LogP contribution >= 0.6 is 11.5 Å². The van der Waals surface area contributed by atoms with Crippen molar-refractivity contribution >= 4 is 44.9 Å². The maximum absolute atomic E-state index is 12.2. The summed E-state index contributed by atoms with van der Waals surface area (Å²) in [5.74, 6) is 1.80. The van der Waals surface area contributed by atoms with Gasteiger partial charge in [0.25, 0.3) is 5.69 Å². The van der Waals surface area contributed by atoms with Crippen molar-refractivity contribution in [3.8, 4) is 0 Å². The van der Waals surface area contributed by atoms with Gasteiger partial charge in [-0.25, -0.2) is 4.79 Å². The summed E-state index contributed by atoms with van der Waals surface area (Å²) >= 11 is 1.58. The number of aromatic nitrogens is 1. The number of nitrogens with zero attached hydrogens (tertiary/aromatic N) is 4. The summed E-state index contributed by atoms with van der Waals surface area (Å²) in [7, 11) is 0. The molecule has 0 atom stereocenters. The van der Waals surface area contributed by atoms with E-state index in [0.717, 1.165) is 64.2 Å². The maximum Gasteiger partial charge on any atom is 0.411 e. The topological polar surface area (TPSA) is 101 Å². The van der Waals surface area contributed by atoms with E-state index in [9.17, 15) is 14.9 Å². The summed E-state index contributed by atoms with van der Waals surface area (Å²) in [5, 5.41) is 14.7. The third kappa shape index (κ3) is 5.93. The van der Waals surface area contributed by atoms with E-state index in [4.69, 9.17) is 9.11 Å². The third-order valence-corrected chi connectivity index (χ3v) is 8.09. The zero-order valence-electron chi connectivity index (χ0n) is 20.2. The quantitative estimate of drug-likeness (QED) is 0.330. The number of hydrogen-bond acceptors (Lipinski definition) is 8. The summed E-state index contributed by atoms with van der Waals surface area (Å²) in [6.45, 7) is 5.26. The van der Waals surface area contributed by atoms with Crippen molar-refractivity contribution in [3.05, 3.63) is 58.6 Å². The number of nitrogens with one attached hydrogen (secondary N) is 1. The Morgan fingerprint density at radius 1 is 1.06 bits per heavy atom. The number of amides is 1. The fourth-order valence-electron chi connectivity index (χ4n) is 5.15. The van der Waals surface area contributed by atoms with Crippen molar-refractivity contribution in [2.45, 2.75) is 38.2 Å². The van der Waals surface area contributed by atoms with E-state index in [1.165, 1.54) is 40.8 Å². The normalized spacial score (nSPS) is 20.8. The lowest BCUT2D eigenvalue weighted by molar-refractivity contribution is -0.384. The van der Waals surface area contributed by atoms with Crippen molar-refractivity contribution in [1.82, 2.24) is 9.27 Å². The first-order valence-electron chi connectivity index (χ1n) is 12.6. The third-order valence-electron chi connectivity index (χ3n) is 7.28. The van der Waals surface area contributed by atoms with Gasteiger partial charge in [0.1, 0.15) is 11.9 Å². The minimum absolute atomic E-state index is 0.0118. The summed E-state index contributed by atoms with van der Waals surface area (Å²) in [6.07, 6.45) is 4.50. The lowest BCUT2D eigenvalue weighted by Crippen LogP contribution is -2.47. The SMILES string of the molecule is O=C(Nc1ccc([N+](=O)[O-])cc1)O[C@H]1CC[C@H](CCN2CCN(c3nsc4ccccc34)CC2)CC1. The van der Waals surface area contributed by atoms with E-state index in [2.05, 4.69) is 39.4 Å². The first kappa shape index (κ1) is 24.5. The molecule has 2 aromatic carbocycles. The fourth-order valence-corrected chi connectivity index (χ4v) is 5.95. The lowest BCUT2D eigenvalue weighted by Gasteiger charge is -2.36. The summed E-state index contributed by atoms with van der Waals surface area (Å²) in [5.41, 5.74) is 0.476. The molecule has 1 aliphatic heterocycles. The predicted octanol–water partition coefficient (Wildman–Crippen LogP) is 5.52. The lowest BCUT2D eigenvalue weighted by atomic mass is 9.85. The first-order valence-corrected chi connectivity index (χ1v) is 13.4. The van der Waals surface area contributed by atoms with Gasteiger partial charge in [0.05, 0.1) is 9.62 Å². The van der Waals surface area contributed by atoms with Crippen LogP contribution in [0.4, 0.5) is 22.0 Å². The zero-order chi connectivity index (χ0) is 24.9. The van der Waals surface area contributed by atoms with Gasteiger partial charge in [0.2, 0.25) is 0 Å². The molecule has 2 heterocycles. The second-order valence-corrected chi connectivity index (χ2v) is 10.4. The Hall–Kier alpha value is -3.24. The number of ether oxygens (including phenoxy) is 1. The molecule has 1 aliphatic carbocycles. The molecule has 1 amide bonds. The number of carbonyl (C=O) groups excluding carboxylic acids is 1. The molecule has 2 aliphatic rings. The van der Waals surface area contributed by atoms with Gasteiger partial charge in [-0.3, -0.25) is 20.3 Å². The van der Waals surface area contributed by atoms with Gasteiger partial charge in [0.15, 0.2) is 0 Å². The van der Waals surface area contributed by atoms with Gasteiger partial charge in [-0.2, -0.15) is 4.37 Å². The summed E-state index contributed by atoms with van der Waals surface area (Å²) in [6, 6.07) is 14.2. The minimum Gasteiger partial charge on any atom is -0.446 e. The first-order chi connectivity index (χ1) is 17.5. The van der Waals surface area contributed by atoms with Gasteiger partial charge in [-0.1, -0.05) is 12.1 Å². The second-order valence-electron chi connectivity index (χ2n) is 9.60. The minimum atomic E-state index is -0.502. The molecule has 3 aromatic rings. The van der Waals surface area contributed by atoms with Crippen LogP contribution in [0.5, 0.6) is 0 Å². The molecule has 36 heavy (non-hydrogen) atoms. The maximum atomic E-state index is 12.2. The number of hydrogen-bond donors (Lipinski definition) is 1. The van der Waals surface area contributed by atoms with Crippen molar-refractivity contribution in [2.24, 2.45) is 5.92 Å². The number of nitro groups is 1. The number of fused-ring (bicyclic) bond motifs is 1. The molecule has 2 fully saturated rings. The molecule has 5 rings (SSSR count). The van der Waals surface area contributed by atoms with Crippen molar-refractivity contribution in [3.63, 3.8) is 0 Å². The van der Waals surface area contributed by atoms with Crippen LogP contribution in [0.1, 0.15) is 32.1 Å². The van der Waals surface area contributed by atoms with Crippen LogP contribution in [-0.2, 0) is 4.74 Å². The molecule has 1 saturated carbocycles. The van der Waals surface area contributed by atoms with Crippen LogP contribution < -0.4 is 10.2 Å².